The van der Waals surface area contributed by atoms with Crippen LogP contribution in [0.15, 0.2) is 54.6 Å². The number of aromatic nitrogens is 1. The first kappa shape index (κ1) is 14.1. The minimum absolute atomic E-state index is 0.0713. The van der Waals surface area contributed by atoms with Crippen molar-refractivity contribution in [3.05, 3.63) is 60.3 Å². The van der Waals surface area contributed by atoms with Crippen LogP contribution in [0.3, 0.4) is 0 Å². The van der Waals surface area contributed by atoms with E-state index in [-0.39, 0.29) is 5.69 Å². The molecule has 4 nitrogen and oxygen atoms in total. The van der Waals surface area contributed by atoms with Crippen LogP contribution >= 0.6 is 0 Å². The van der Waals surface area contributed by atoms with Gasteiger partial charge in [0.05, 0.1) is 12.3 Å². The van der Waals surface area contributed by atoms with Crippen LogP contribution in [0.1, 0.15) is 17.4 Å². The van der Waals surface area contributed by atoms with E-state index >= 15 is 0 Å². The lowest BCUT2D eigenvalue weighted by Gasteiger charge is -2.08. The van der Waals surface area contributed by atoms with Gasteiger partial charge in [-0.2, -0.15) is 0 Å². The second-order valence-corrected chi connectivity index (χ2v) is 4.84. The molecular weight excluding hydrogens is 278 g/mol. The lowest BCUT2D eigenvalue weighted by atomic mass is 10.0. The van der Waals surface area contributed by atoms with Crippen molar-refractivity contribution in [3.8, 4) is 17.0 Å². The maximum absolute atomic E-state index is 11.5. The molecule has 0 spiro atoms. The van der Waals surface area contributed by atoms with Gasteiger partial charge in [0, 0.05) is 10.9 Å². The number of carboxylic acid groups (broad SMARTS) is 1. The Hall–Kier alpha value is -2.88. The van der Waals surface area contributed by atoms with Gasteiger partial charge in [0.15, 0.2) is 5.69 Å². The van der Waals surface area contributed by atoms with Crippen molar-refractivity contribution >= 4 is 16.7 Å². The summed E-state index contributed by atoms with van der Waals surface area (Å²) in [6.45, 7) is 2.54. The third kappa shape index (κ3) is 2.63. The van der Waals surface area contributed by atoms with E-state index in [1.807, 2.05) is 55.5 Å². The fraction of sp³-hybridized carbons (Fsp3) is 0.111. The molecule has 0 aliphatic carbocycles. The molecule has 0 fully saturated rings. The Morgan fingerprint density at radius 2 is 1.86 bits per heavy atom. The van der Waals surface area contributed by atoms with Gasteiger partial charge in [-0.1, -0.05) is 24.3 Å². The molecule has 0 amide bonds. The van der Waals surface area contributed by atoms with Crippen LogP contribution in [-0.4, -0.2) is 22.7 Å². The van der Waals surface area contributed by atoms with Gasteiger partial charge in [0.25, 0.3) is 0 Å². The predicted octanol–water partition coefficient (Wildman–Crippen LogP) is 4.00. The number of fused-ring (bicyclic) bond motifs is 1. The molecule has 3 rings (SSSR count). The molecular formula is C18H15NO3. The van der Waals surface area contributed by atoms with Gasteiger partial charge in [-0.25, -0.2) is 9.78 Å². The van der Waals surface area contributed by atoms with Crippen LogP contribution in [0.5, 0.6) is 5.75 Å². The molecule has 0 atom stereocenters. The number of ether oxygens (including phenoxy) is 1. The molecule has 0 radical (unpaired) electrons. The van der Waals surface area contributed by atoms with Crippen LogP contribution in [0.4, 0.5) is 0 Å². The number of hydrogen-bond acceptors (Lipinski definition) is 3. The van der Waals surface area contributed by atoms with Crippen LogP contribution in [0, 0.1) is 0 Å². The molecule has 0 aliphatic heterocycles. The minimum Gasteiger partial charge on any atom is -0.494 e. The van der Waals surface area contributed by atoms with Crippen molar-refractivity contribution < 1.29 is 14.6 Å². The standard InChI is InChI=1S/C18H15NO3/c1-2-22-14-9-7-12(8-10-14)16-11-13-5-3-4-6-15(13)17(19-16)18(20)21/h3-11H,2H2,1H3,(H,20,21). The summed E-state index contributed by atoms with van der Waals surface area (Å²) in [5.74, 6) is -0.241. The van der Waals surface area contributed by atoms with E-state index in [0.29, 0.717) is 17.7 Å². The van der Waals surface area contributed by atoms with Crippen molar-refractivity contribution in [2.24, 2.45) is 0 Å². The van der Waals surface area contributed by atoms with Crippen molar-refractivity contribution in [1.82, 2.24) is 4.98 Å². The highest BCUT2D eigenvalue weighted by Gasteiger charge is 2.13. The molecule has 3 aromatic rings. The predicted molar refractivity (Wildman–Crippen MR) is 85.3 cm³/mol. The third-order valence-electron chi connectivity index (χ3n) is 3.40. The maximum atomic E-state index is 11.5. The third-order valence-corrected chi connectivity index (χ3v) is 3.40. The summed E-state index contributed by atoms with van der Waals surface area (Å²) < 4.78 is 5.41. The van der Waals surface area contributed by atoms with E-state index in [2.05, 4.69) is 4.98 Å². The van der Waals surface area contributed by atoms with E-state index in [1.54, 1.807) is 6.07 Å². The molecule has 0 unspecified atom stereocenters. The number of nitrogens with zero attached hydrogens (tertiary/aromatic N) is 1. The number of carbonyl (C=O) groups is 1. The molecule has 22 heavy (non-hydrogen) atoms. The first-order valence-electron chi connectivity index (χ1n) is 7.05. The van der Waals surface area contributed by atoms with Gasteiger partial charge in [-0.15, -0.1) is 0 Å². The van der Waals surface area contributed by atoms with E-state index < -0.39 is 5.97 Å². The lowest BCUT2D eigenvalue weighted by molar-refractivity contribution is 0.0693. The molecule has 2 aromatic carbocycles. The Bertz CT molecular complexity index is 825. The van der Waals surface area contributed by atoms with Crippen molar-refractivity contribution in [2.75, 3.05) is 6.61 Å². The fourth-order valence-electron chi connectivity index (χ4n) is 2.40. The quantitative estimate of drug-likeness (QED) is 0.790. The lowest BCUT2D eigenvalue weighted by Crippen LogP contribution is -2.02. The van der Waals surface area contributed by atoms with Crippen LogP contribution in [0.2, 0.25) is 0 Å². The number of aromatic carboxylic acids is 1. The Morgan fingerprint density at radius 3 is 2.55 bits per heavy atom. The molecule has 1 N–H and O–H groups in total. The Balaban J connectivity index is 2.12. The molecule has 0 bridgehead atoms. The smallest absolute Gasteiger partial charge is 0.355 e. The summed E-state index contributed by atoms with van der Waals surface area (Å²) in [5.41, 5.74) is 1.57. The zero-order valence-corrected chi connectivity index (χ0v) is 12.1. The SMILES string of the molecule is CCOc1ccc(-c2cc3ccccc3c(C(=O)O)n2)cc1. The average Bonchev–Trinajstić information content (AvgIpc) is 2.54. The number of carboxylic acids is 1. The summed E-state index contributed by atoms with van der Waals surface area (Å²) in [6.07, 6.45) is 0. The Labute approximate surface area is 128 Å². The van der Waals surface area contributed by atoms with Gasteiger partial charge in [0.1, 0.15) is 5.75 Å². The van der Waals surface area contributed by atoms with Crippen LogP contribution < -0.4 is 4.74 Å². The molecule has 110 valence electrons. The van der Waals surface area contributed by atoms with E-state index in [4.69, 9.17) is 4.74 Å². The minimum atomic E-state index is -1.02. The normalized spacial score (nSPS) is 10.6. The largest absolute Gasteiger partial charge is 0.494 e. The van der Waals surface area contributed by atoms with Crippen molar-refractivity contribution in [2.45, 2.75) is 6.92 Å². The Morgan fingerprint density at radius 1 is 1.14 bits per heavy atom. The number of pyridine rings is 1. The fourth-order valence-corrected chi connectivity index (χ4v) is 2.40. The maximum Gasteiger partial charge on any atom is 0.355 e. The Kier molecular flexibility index (Phi) is 3.74. The highest BCUT2D eigenvalue weighted by molar-refractivity contribution is 6.03. The van der Waals surface area contributed by atoms with Crippen molar-refractivity contribution in [3.63, 3.8) is 0 Å². The van der Waals surface area contributed by atoms with Gasteiger partial charge >= 0.3 is 5.97 Å². The summed E-state index contributed by atoms with van der Waals surface area (Å²) in [5, 5.41) is 10.9. The summed E-state index contributed by atoms with van der Waals surface area (Å²) in [7, 11) is 0. The molecule has 0 aliphatic rings. The van der Waals surface area contributed by atoms with Crippen LogP contribution in [0.25, 0.3) is 22.0 Å². The van der Waals surface area contributed by atoms with Gasteiger partial charge in [-0.05, 0) is 42.6 Å². The first-order chi connectivity index (χ1) is 10.7. The second-order valence-electron chi connectivity index (χ2n) is 4.84. The van der Waals surface area contributed by atoms with Crippen molar-refractivity contribution in [1.29, 1.82) is 0 Å². The topological polar surface area (TPSA) is 59.4 Å². The number of hydrogen-bond donors (Lipinski definition) is 1. The van der Waals surface area contributed by atoms with E-state index in [0.717, 1.165) is 16.7 Å². The van der Waals surface area contributed by atoms with E-state index in [9.17, 15) is 9.90 Å². The molecule has 1 heterocycles. The molecule has 1 aromatic heterocycles. The average molecular weight is 293 g/mol. The zero-order valence-electron chi connectivity index (χ0n) is 12.1. The van der Waals surface area contributed by atoms with E-state index in [1.165, 1.54) is 0 Å². The molecule has 0 saturated carbocycles. The monoisotopic (exact) mass is 293 g/mol. The van der Waals surface area contributed by atoms with Crippen LogP contribution in [-0.2, 0) is 0 Å². The summed E-state index contributed by atoms with van der Waals surface area (Å²) in [6, 6.07) is 16.7. The first-order valence-corrected chi connectivity index (χ1v) is 7.05. The second kappa shape index (κ2) is 5.85. The van der Waals surface area contributed by atoms with Gasteiger partial charge in [-0.3, -0.25) is 0 Å². The summed E-state index contributed by atoms with van der Waals surface area (Å²) in [4.78, 5) is 15.8. The summed E-state index contributed by atoms with van der Waals surface area (Å²) >= 11 is 0. The molecule has 4 heteroatoms. The zero-order chi connectivity index (χ0) is 15.5. The molecule has 0 saturated heterocycles. The van der Waals surface area contributed by atoms with Gasteiger partial charge < -0.3 is 9.84 Å². The number of benzene rings is 2. The van der Waals surface area contributed by atoms with Gasteiger partial charge in [0.2, 0.25) is 0 Å². The highest BCUT2D eigenvalue weighted by Crippen LogP contribution is 2.26. The highest BCUT2D eigenvalue weighted by atomic mass is 16.5. The number of rotatable bonds is 4.